The Morgan fingerprint density at radius 1 is 1.40 bits per heavy atom. The van der Waals surface area contributed by atoms with Gasteiger partial charge in [-0.05, 0) is 35.3 Å². The Kier molecular flexibility index (Phi) is 2.81. The van der Waals surface area contributed by atoms with Gasteiger partial charge in [-0.3, -0.25) is 0 Å². The smallest absolute Gasteiger partial charge is 0.0736 e. The standard InChI is InChI=1S/C13H19NO/c1-13(2,9-15-14)12-8-7-10-5-3-4-6-11(10)12/h3-6,12H,7-9,14H2,1-2H3. The van der Waals surface area contributed by atoms with Crippen molar-refractivity contribution in [2.24, 2.45) is 11.3 Å². The van der Waals surface area contributed by atoms with E-state index in [4.69, 9.17) is 10.7 Å². The summed E-state index contributed by atoms with van der Waals surface area (Å²) in [5.41, 5.74) is 3.11. The van der Waals surface area contributed by atoms with Gasteiger partial charge in [0, 0.05) is 0 Å². The van der Waals surface area contributed by atoms with Crippen molar-refractivity contribution in [1.29, 1.82) is 0 Å². The predicted molar refractivity (Wildman–Crippen MR) is 61.4 cm³/mol. The third kappa shape index (κ3) is 1.92. The maximum atomic E-state index is 5.20. The highest BCUT2D eigenvalue weighted by molar-refractivity contribution is 5.36. The summed E-state index contributed by atoms with van der Waals surface area (Å²) in [5, 5.41) is 0. The zero-order chi connectivity index (χ0) is 10.9. The van der Waals surface area contributed by atoms with Gasteiger partial charge in [0.2, 0.25) is 0 Å². The van der Waals surface area contributed by atoms with E-state index in [1.54, 1.807) is 0 Å². The van der Waals surface area contributed by atoms with Crippen molar-refractivity contribution in [3.63, 3.8) is 0 Å². The lowest BCUT2D eigenvalue weighted by molar-refractivity contribution is 0.0474. The molecule has 0 saturated carbocycles. The molecule has 1 aliphatic rings. The van der Waals surface area contributed by atoms with Crippen molar-refractivity contribution in [2.45, 2.75) is 32.6 Å². The summed E-state index contributed by atoms with van der Waals surface area (Å²) in [5.74, 6) is 5.78. The summed E-state index contributed by atoms with van der Waals surface area (Å²) in [6.07, 6.45) is 2.41. The molecule has 0 radical (unpaired) electrons. The van der Waals surface area contributed by atoms with E-state index < -0.39 is 0 Å². The van der Waals surface area contributed by atoms with Crippen LogP contribution in [0.25, 0.3) is 0 Å². The second-order valence-electron chi connectivity index (χ2n) is 5.09. The predicted octanol–water partition coefficient (Wildman–Crippen LogP) is 2.63. The van der Waals surface area contributed by atoms with Crippen molar-refractivity contribution in [3.8, 4) is 0 Å². The van der Waals surface area contributed by atoms with E-state index in [9.17, 15) is 0 Å². The molecule has 0 amide bonds. The average Bonchev–Trinajstić information content (AvgIpc) is 2.61. The number of rotatable bonds is 3. The molecule has 0 saturated heterocycles. The second-order valence-corrected chi connectivity index (χ2v) is 5.09. The average molecular weight is 205 g/mol. The van der Waals surface area contributed by atoms with Gasteiger partial charge in [-0.1, -0.05) is 38.1 Å². The van der Waals surface area contributed by atoms with Gasteiger partial charge in [0.1, 0.15) is 0 Å². The topological polar surface area (TPSA) is 35.2 Å². The molecule has 2 nitrogen and oxygen atoms in total. The van der Waals surface area contributed by atoms with Crippen molar-refractivity contribution in [1.82, 2.24) is 0 Å². The van der Waals surface area contributed by atoms with Crippen LogP contribution in [-0.4, -0.2) is 6.61 Å². The van der Waals surface area contributed by atoms with Gasteiger partial charge >= 0.3 is 0 Å². The van der Waals surface area contributed by atoms with E-state index in [-0.39, 0.29) is 5.41 Å². The van der Waals surface area contributed by atoms with Crippen molar-refractivity contribution >= 4 is 0 Å². The van der Waals surface area contributed by atoms with Crippen LogP contribution < -0.4 is 5.90 Å². The van der Waals surface area contributed by atoms with Gasteiger partial charge in [-0.25, -0.2) is 5.90 Å². The Hall–Kier alpha value is -0.860. The normalized spacial score (nSPS) is 20.3. The monoisotopic (exact) mass is 205 g/mol. The van der Waals surface area contributed by atoms with Gasteiger partial charge in [-0.2, -0.15) is 0 Å². The fourth-order valence-electron chi connectivity index (χ4n) is 2.68. The number of fused-ring (bicyclic) bond motifs is 1. The van der Waals surface area contributed by atoms with Gasteiger partial charge in [0.05, 0.1) is 6.61 Å². The molecule has 1 atom stereocenters. The van der Waals surface area contributed by atoms with Gasteiger partial charge in [-0.15, -0.1) is 0 Å². The number of aryl methyl sites for hydroxylation is 1. The lowest BCUT2D eigenvalue weighted by Crippen LogP contribution is -2.28. The van der Waals surface area contributed by atoms with Crippen LogP contribution in [0.4, 0.5) is 0 Å². The summed E-state index contributed by atoms with van der Waals surface area (Å²) < 4.78 is 0. The molecule has 0 aliphatic heterocycles. The molecular weight excluding hydrogens is 186 g/mol. The maximum Gasteiger partial charge on any atom is 0.0736 e. The first kappa shape index (κ1) is 10.7. The number of hydrogen-bond acceptors (Lipinski definition) is 2. The van der Waals surface area contributed by atoms with Gasteiger partial charge < -0.3 is 4.84 Å². The van der Waals surface area contributed by atoms with Crippen LogP contribution in [0.15, 0.2) is 24.3 Å². The van der Waals surface area contributed by atoms with Gasteiger partial charge in [0.25, 0.3) is 0 Å². The molecule has 0 aromatic heterocycles. The van der Waals surface area contributed by atoms with Gasteiger partial charge in [0.15, 0.2) is 0 Å². The van der Waals surface area contributed by atoms with E-state index in [1.165, 1.54) is 24.0 Å². The van der Waals surface area contributed by atoms with Crippen LogP contribution in [0.5, 0.6) is 0 Å². The number of nitrogens with two attached hydrogens (primary N) is 1. The van der Waals surface area contributed by atoms with E-state index in [0.717, 1.165) is 0 Å². The number of benzene rings is 1. The Bertz CT molecular complexity index is 346. The first-order valence-electron chi connectivity index (χ1n) is 5.54. The Morgan fingerprint density at radius 2 is 2.13 bits per heavy atom. The van der Waals surface area contributed by atoms with E-state index in [1.807, 2.05) is 0 Å². The van der Waals surface area contributed by atoms with Crippen molar-refractivity contribution < 1.29 is 4.84 Å². The molecule has 2 N–H and O–H groups in total. The maximum absolute atomic E-state index is 5.20. The minimum atomic E-state index is 0.126. The molecule has 2 heteroatoms. The molecule has 0 heterocycles. The largest absolute Gasteiger partial charge is 0.304 e. The molecule has 0 bridgehead atoms. The fourth-order valence-corrected chi connectivity index (χ4v) is 2.68. The molecule has 1 aliphatic carbocycles. The molecule has 2 rings (SSSR count). The third-order valence-electron chi connectivity index (χ3n) is 3.53. The lowest BCUT2D eigenvalue weighted by Gasteiger charge is -2.31. The van der Waals surface area contributed by atoms with Crippen LogP contribution in [0.3, 0.4) is 0 Å². The van der Waals surface area contributed by atoms with Crippen LogP contribution >= 0.6 is 0 Å². The van der Waals surface area contributed by atoms with Crippen LogP contribution in [0.1, 0.15) is 37.3 Å². The highest BCUT2D eigenvalue weighted by Gasteiger charge is 2.35. The Labute approximate surface area is 91.4 Å². The molecule has 82 valence electrons. The molecular formula is C13H19NO. The minimum absolute atomic E-state index is 0.126. The summed E-state index contributed by atoms with van der Waals surface area (Å²) in [4.78, 5) is 4.83. The first-order valence-corrected chi connectivity index (χ1v) is 5.54. The van der Waals surface area contributed by atoms with E-state index >= 15 is 0 Å². The Morgan fingerprint density at radius 3 is 2.87 bits per heavy atom. The second kappa shape index (κ2) is 3.95. The molecule has 1 aromatic rings. The zero-order valence-electron chi connectivity index (χ0n) is 9.49. The zero-order valence-corrected chi connectivity index (χ0v) is 9.49. The molecule has 1 unspecified atom stereocenters. The Balaban J connectivity index is 2.27. The van der Waals surface area contributed by atoms with E-state index in [2.05, 4.69) is 38.1 Å². The fraction of sp³-hybridized carbons (Fsp3) is 0.538. The van der Waals surface area contributed by atoms with Crippen LogP contribution in [-0.2, 0) is 11.3 Å². The van der Waals surface area contributed by atoms with Crippen LogP contribution in [0, 0.1) is 5.41 Å². The first-order chi connectivity index (χ1) is 7.15. The minimum Gasteiger partial charge on any atom is -0.304 e. The summed E-state index contributed by atoms with van der Waals surface area (Å²) in [7, 11) is 0. The number of hydrogen-bond donors (Lipinski definition) is 1. The summed E-state index contributed by atoms with van der Waals surface area (Å²) >= 11 is 0. The van der Waals surface area contributed by atoms with Crippen LogP contribution in [0.2, 0.25) is 0 Å². The molecule has 0 fully saturated rings. The molecule has 1 aromatic carbocycles. The SMILES string of the molecule is CC(C)(CON)C1CCc2ccccc21. The lowest BCUT2D eigenvalue weighted by atomic mass is 9.76. The van der Waals surface area contributed by atoms with E-state index in [0.29, 0.717) is 12.5 Å². The summed E-state index contributed by atoms with van der Waals surface area (Å²) in [6, 6.07) is 8.71. The summed E-state index contributed by atoms with van der Waals surface area (Å²) in [6.45, 7) is 5.07. The van der Waals surface area contributed by atoms with Crippen molar-refractivity contribution in [2.75, 3.05) is 6.61 Å². The van der Waals surface area contributed by atoms with Crippen molar-refractivity contribution in [3.05, 3.63) is 35.4 Å². The highest BCUT2D eigenvalue weighted by atomic mass is 16.6. The highest BCUT2D eigenvalue weighted by Crippen LogP contribution is 2.44. The molecule has 15 heavy (non-hydrogen) atoms. The molecule has 0 spiro atoms. The third-order valence-corrected chi connectivity index (χ3v) is 3.53. The quantitative estimate of drug-likeness (QED) is 0.770.